The van der Waals surface area contributed by atoms with Crippen LogP contribution in [0.2, 0.25) is 0 Å². The summed E-state index contributed by atoms with van der Waals surface area (Å²) in [6.45, 7) is 0.622. The molecule has 2 rings (SSSR count). The number of likely N-dealkylation sites (tertiary alicyclic amines) is 2. The Kier molecular flexibility index (Phi) is 12.1. The lowest BCUT2D eigenvalue weighted by Gasteiger charge is -2.36. The SMILES string of the molecule is CN1CC[C@@H](O)C[C@@H]1C(F)(F)F.CN1CC[C@H](O)C[C@H]1C(F)(F)F.Cl.Cl. The van der Waals surface area contributed by atoms with Gasteiger partial charge < -0.3 is 10.2 Å². The maximum Gasteiger partial charge on any atom is 0.404 e. The summed E-state index contributed by atoms with van der Waals surface area (Å²) in [6.07, 6.45) is -9.54. The fourth-order valence-corrected chi connectivity index (χ4v) is 2.90. The molecule has 2 aliphatic rings. The van der Waals surface area contributed by atoms with Crippen molar-refractivity contribution in [1.29, 1.82) is 0 Å². The van der Waals surface area contributed by atoms with Crippen molar-refractivity contribution >= 4 is 24.8 Å². The first-order chi connectivity index (χ1) is 10.8. The van der Waals surface area contributed by atoms with Gasteiger partial charge in [-0.3, -0.25) is 9.80 Å². The van der Waals surface area contributed by atoms with Crippen molar-refractivity contribution in [3.05, 3.63) is 0 Å². The number of rotatable bonds is 0. The summed E-state index contributed by atoms with van der Waals surface area (Å²) in [5, 5.41) is 18.1. The summed E-state index contributed by atoms with van der Waals surface area (Å²) in [7, 11) is 2.87. The second kappa shape index (κ2) is 11.1. The average molecular weight is 439 g/mol. The zero-order valence-corrected chi connectivity index (χ0v) is 16.1. The van der Waals surface area contributed by atoms with E-state index in [0.717, 1.165) is 0 Å². The molecule has 0 aromatic heterocycles. The van der Waals surface area contributed by atoms with E-state index >= 15 is 0 Å². The highest BCUT2D eigenvalue weighted by molar-refractivity contribution is 5.85. The zero-order valence-electron chi connectivity index (χ0n) is 14.4. The van der Waals surface area contributed by atoms with Crippen molar-refractivity contribution < 1.29 is 36.6 Å². The summed E-state index contributed by atoms with van der Waals surface area (Å²) in [6, 6.07) is -2.94. The number of nitrogens with zero attached hydrogens (tertiary/aromatic N) is 2. The van der Waals surface area contributed by atoms with Gasteiger partial charge in [-0.05, 0) is 39.8 Å². The minimum Gasteiger partial charge on any atom is -0.393 e. The molecule has 2 aliphatic heterocycles. The van der Waals surface area contributed by atoms with Crippen LogP contribution in [0.15, 0.2) is 0 Å². The third kappa shape index (κ3) is 8.79. The van der Waals surface area contributed by atoms with E-state index in [0.29, 0.717) is 25.9 Å². The van der Waals surface area contributed by atoms with Crippen LogP contribution in [0.3, 0.4) is 0 Å². The summed E-state index contributed by atoms with van der Waals surface area (Å²) < 4.78 is 73.3. The number of hydrogen-bond acceptors (Lipinski definition) is 4. The van der Waals surface area contributed by atoms with Crippen LogP contribution in [0.4, 0.5) is 26.3 Å². The molecule has 0 aromatic rings. The summed E-state index contributed by atoms with van der Waals surface area (Å²) >= 11 is 0. The van der Waals surface area contributed by atoms with E-state index in [1.807, 2.05) is 0 Å². The van der Waals surface area contributed by atoms with Gasteiger partial charge in [-0.15, -0.1) is 24.8 Å². The monoisotopic (exact) mass is 438 g/mol. The molecular weight excluding hydrogens is 413 g/mol. The van der Waals surface area contributed by atoms with Gasteiger partial charge in [0.15, 0.2) is 0 Å². The molecule has 0 bridgehead atoms. The first kappa shape index (κ1) is 28.2. The Morgan fingerprint density at radius 2 is 0.962 bits per heavy atom. The van der Waals surface area contributed by atoms with Crippen molar-refractivity contribution in [2.75, 3.05) is 27.2 Å². The van der Waals surface area contributed by atoms with Gasteiger partial charge in [0.1, 0.15) is 12.1 Å². The summed E-state index contributed by atoms with van der Waals surface area (Å²) in [4.78, 5) is 2.49. The molecule has 4 nitrogen and oxygen atoms in total. The minimum atomic E-state index is -4.21. The quantitative estimate of drug-likeness (QED) is 0.571. The summed E-state index contributed by atoms with van der Waals surface area (Å²) in [5.41, 5.74) is 0. The standard InChI is InChI=1S/2C7H12F3NO.2ClH/c2*1-11-3-2-5(12)4-6(11)7(8,9)10;;/h2*5-6,12H,2-4H2,1H3;2*1H/t2*5-,6-;;/m10../s1. The fraction of sp³-hybridized carbons (Fsp3) is 1.00. The Hall–Kier alpha value is -0.000000000000000111. The lowest BCUT2D eigenvalue weighted by molar-refractivity contribution is -0.196. The van der Waals surface area contributed by atoms with Gasteiger partial charge in [0, 0.05) is 13.1 Å². The van der Waals surface area contributed by atoms with E-state index in [9.17, 15) is 26.3 Å². The molecule has 2 saturated heterocycles. The largest absolute Gasteiger partial charge is 0.404 e. The van der Waals surface area contributed by atoms with Crippen molar-refractivity contribution in [2.24, 2.45) is 0 Å². The topological polar surface area (TPSA) is 46.9 Å². The van der Waals surface area contributed by atoms with E-state index in [1.165, 1.54) is 23.9 Å². The maximum absolute atomic E-state index is 12.2. The van der Waals surface area contributed by atoms with Gasteiger partial charge >= 0.3 is 12.4 Å². The molecular formula is C14H26Cl2F6N2O2. The maximum atomic E-state index is 12.2. The van der Waals surface area contributed by atoms with Crippen molar-refractivity contribution in [2.45, 2.75) is 62.3 Å². The first-order valence-electron chi connectivity index (χ1n) is 7.72. The predicted molar refractivity (Wildman–Crippen MR) is 89.9 cm³/mol. The van der Waals surface area contributed by atoms with Crippen LogP contribution in [0.1, 0.15) is 25.7 Å². The smallest absolute Gasteiger partial charge is 0.393 e. The summed E-state index contributed by atoms with van der Waals surface area (Å²) in [5.74, 6) is 0. The van der Waals surface area contributed by atoms with Gasteiger partial charge in [0.05, 0.1) is 12.2 Å². The highest BCUT2D eigenvalue weighted by atomic mass is 35.5. The van der Waals surface area contributed by atoms with E-state index in [2.05, 4.69) is 0 Å². The molecule has 4 atom stereocenters. The molecule has 0 amide bonds. The molecule has 12 heteroatoms. The normalized spacial score (nSPS) is 31.2. The molecule has 160 valence electrons. The first-order valence-corrected chi connectivity index (χ1v) is 7.72. The number of aliphatic hydroxyl groups excluding tert-OH is 2. The van der Waals surface area contributed by atoms with Gasteiger partial charge in [-0.1, -0.05) is 0 Å². The molecule has 2 heterocycles. The van der Waals surface area contributed by atoms with Gasteiger partial charge in [-0.25, -0.2) is 0 Å². The fourth-order valence-electron chi connectivity index (χ4n) is 2.90. The van der Waals surface area contributed by atoms with Crippen LogP contribution in [0, 0.1) is 0 Å². The van der Waals surface area contributed by atoms with Gasteiger partial charge in [0.25, 0.3) is 0 Å². The molecule has 0 saturated carbocycles. The molecule has 0 unspecified atom stereocenters. The van der Waals surface area contributed by atoms with E-state index in [1.54, 1.807) is 0 Å². The van der Waals surface area contributed by atoms with Crippen LogP contribution >= 0.6 is 24.8 Å². The zero-order chi connectivity index (χ0) is 18.7. The van der Waals surface area contributed by atoms with E-state index in [4.69, 9.17) is 10.2 Å². The molecule has 26 heavy (non-hydrogen) atoms. The Morgan fingerprint density at radius 1 is 0.692 bits per heavy atom. The van der Waals surface area contributed by atoms with Crippen molar-refractivity contribution in [1.82, 2.24) is 9.80 Å². The Bertz CT molecular complexity index is 365. The number of hydrogen-bond donors (Lipinski definition) is 2. The highest BCUT2D eigenvalue weighted by Gasteiger charge is 2.45. The molecule has 2 fully saturated rings. The Balaban J connectivity index is 0. The number of alkyl halides is 6. The van der Waals surface area contributed by atoms with Crippen LogP contribution in [0.25, 0.3) is 0 Å². The number of halogens is 8. The lowest BCUT2D eigenvalue weighted by Crippen LogP contribution is -2.50. The Labute approximate surface area is 161 Å². The molecule has 0 radical (unpaired) electrons. The van der Waals surface area contributed by atoms with Crippen LogP contribution < -0.4 is 0 Å². The van der Waals surface area contributed by atoms with Crippen LogP contribution in [-0.2, 0) is 0 Å². The Morgan fingerprint density at radius 3 is 1.15 bits per heavy atom. The van der Waals surface area contributed by atoms with E-state index in [-0.39, 0.29) is 37.7 Å². The average Bonchev–Trinajstić information content (AvgIpc) is 2.42. The number of piperidine rings is 2. The molecule has 0 aromatic carbocycles. The second-order valence-corrected chi connectivity index (χ2v) is 6.43. The van der Waals surface area contributed by atoms with Crippen LogP contribution in [-0.4, -0.2) is 83.8 Å². The molecule has 0 aliphatic carbocycles. The highest BCUT2D eigenvalue weighted by Crippen LogP contribution is 2.31. The third-order valence-corrected chi connectivity index (χ3v) is 4.44. The lowest BCUT2D eigenvalue weighted by atomic mass is 10.00. The van der Waals surface area contributed by atoms with Crippen LogP contribution in [0.5, 0.6) is 0 Å². The predicted octanol–water partition coefficient (Wildman–Crippen LogP) is 2.85. The minimum absolute atomic E-state index is 0. The third-order valence-electron chi connectivity index (χ3n) is 4.44. The molecule has 2 N–H and O–H groups in total. The van der Waals surface area contributed by atoms with Gasteiger partial charge in [-0.2, -0.15) is 26.3 Å². The van der Waals surface area contributed by atoms with Gasteiger partial charge in [0.2, 0.25) is 0 Å². The molecule has 0 spiro atoms. The van der Waals surface area contributed by atoms with E-state index < -0.39 is 36.6 Å². The van der Waals surface area contributed by atoms with Crippen molar-refractivity contribution in [3.63, 3.8) is 0 Å². The number of aliphatic hydroxyl groups is 2. The second-order valence-electron chi connectivity index (χ2n) is 6.43. The van der Waals surface area contributed by atoms with Crippen molar-refractivity contribution in [3.8, 4) is 0 Å².